The molecule has 0 bridgehead atoms. The third-order valence-electron chi connectivity index (χ3n) is 3.22. The van der Waals surface area contributed by atoms with Gasteiger partial charge in [-0.2, -0.15) is 31.2 Å². The summed E-state index contributed by atoms with van der Waals surface area (Å²) in [5, 5.41) is 14.5. The van der Waals surface area contributed by atoms with Crippen LogP contribution in [0.4, 0.5) is 0 Å². The lowest BCUT2D eigenvalue weighted by Gasteiger charge is -1.92. The average molecular weight is 387 g/mol. The molecule has 1 aromatic carbocycles. The maximum absolute atomic E-state index is 6.41. The number of aromatic nitrogens is 5. The minimum absolute atomic E-state index is 0.0783. The number of nitrogens with one attached hydrogen (secondary N) is 3. The molecule has 0 atom stereocenters. The molecule has 12 heteroatoms. The van der Waals surface area contributed by atoms with Crippen molar-refractivity contribution in [3.05, 3.63) is 55.1 Å². The highest BCUT2D eigenvalue weighted by molar-refractivity contribution is 5.51. The lowest BCUT2D eigenvalue weighted by molar-refractivity contribution is -0.909. The van der Waals surface area contributed by atoms with Gasteiger partial charge >= 0.3 is 19.0 Å². The third-order valence-corrected chi connectivity index (χ3v) is 3.22. The van der Waals surface area contributed by atoms with E-state index in [1.807, 2.05) is 61.6 Å². The van der Waals surface area contributed by atoms with Crippen molar-refractivity contribution in [2.75, 3.05) is 31.2 Å². The van der Waals surface area contributed by atoms with Crippen molar-refractivity contribution < 1.29 is 19.9 Å². The molecule has 3 rings (SSSR count). The molecule has 3 N–H and O–H groups in total. The Kier molecular flexibility index (Phi) is 7.45. The predicted octanol–water partition coefficient (Wildman–Crippen LogP) is 0.246. The summed E-state index contributed by atoms with van der Waals surface area (Å²) in [6.45, 7) is 2.19. The number of hydrogen-bond acceptors (Lipinski definition) is 9. The van der Waals surface area contributed by atoms with Crippen molar-refractivity contribution in [3.63, 3.8) is 0 Å². The van der Waals surface area contributed by atoms with Crippen molar-refractivity contribution in [1.29, 1.82) is 5.52 Å². The summed E-state index contributed by atoms with van der Waals surface area (Å²) in [7, 11) is 3.72. The minimum Gasteiger partial charge on any atom is -0.334 e. The molecule has 146 valence electrons. The fraction of sp³-hybridized carbons (Fsp3) is 0.312. The van der Waals surface area contributed by atoms with E-state index in [2.05, 4.69) is 41.9 Å². The number of aryl methyl sites for hydroxylation is 2. The van der Waals surface area contributed by atoms with Gasteiger partial charge in [0, 0.05) is 14.9 Å². The van der Waals surface area contributed by atoms with Gasteiger partial charge in [-0.1, -0.05) is 27.9 Å². The summed E-state index contributed by atoms with van der Waals surface area (Å²) in [5.74, 6) is 1.24. The molecule has 0 aliphatic carbocycles. The second-order valence-electron chi connectivity index (χ2n) is 5.44. The Morgan fingerprint density at radius 3 is 2.64 bits per heavy atom. The summed E-state index contributed by atoms with van der Waals surface area (Å²) >= 11 is 0. The number of nitrogens with zero attached hydrogens (tertiary/aromatic N) is 8. The minimum atomic E-state index is 0.0783. The van der Waals surface area contributed by atoms with Gasteiger partial charge in [-0.3, -0.25) is 0 Å². The van der Waals surface area contributed by atoms with E-state index in [-0.39, 0.29) is 6.67 Å². The first-order valence-corrected chi connectivity index (χ1v) is 8.36. The molecule has 28 heavy (non-hydrogen) atoms. The van der Waals surface area contributed by atoms with Crippen molar-refractivity contribution in [3.8, 4) is 11.5 Å². The lowest BCUT2D eigenvalue weighted by atomic mass is 10.2. The summed E-state index contributed by atoms with van der Waals surface area (Å²) in [6.07, 6.45) is 5.51. The molecule has 2 heterocycles. The zero-order valence-electron chi connectivity index (χ0n) is 17.0. The van der Waals surface area contributed by atoms with E-state index in [9.17, 15) is 0 Å². The van der Waals surface area contributed by atoms with E-state index in [0.717, 1.165) is 5.56 Å². The Balaban J connectivity index is 0.000000218. The first-order valence-electron chi connectivity index (χ1n) is 8.81. The normalized spacial score (nSPS) is 11.2. The molecule has 0 spiro atoms. The SMILES string of the molecule is Cc1noc(-c2ccccc2)n1.[2H]N=NCN=NCN[n+]1c[n+](C)c[n+](NC)c1. The molecule has 2 aromatic heterocycles. The standard InChI is InChI=1S/C9H8N2O.C7H16N9/c1-7-10-9(12-11-7)8-5-3-2-4-6-8;1-9-15-5-14(2)6-16(7-15)13-4-12-11-3-10-8/h2-6H,1H3;5-9,13H,3-4H2,1-2H3/q;+3/i/hD. The summed E-state index contributed by atoms with van der Waals surface area (Å²) in [5.41, 5.74) is 9.71. The van der Waals surface area contributed by atoms with Gasteiger partial charge in [0.25, 0.3) is 5.89 Å². The van der Waals surface area contributed by atoms with Gasteiger partial charge in [0.05, 0.1) is 7.05 Å². The molecule has 3 aromatic rings. The lowest BCUT2D eigenvalue weighted by Crippen LogP contribution is -2.62. The molecule has 0 saturated carbocycles. The molecular formula is C16H24N11O+3. The Morgan fingerprint density at radius 2 is 1.96 bits per heavy atom. The van der Waals surface area contributed by atoms with E-state index in [4.69, 9.17) is 5.93 Å². The fourth-order valence-corrected chi connectivity index (χ4v) is 2.04. The first-order chi connectivity index (χ1) is 14.1. The Morgan fingerprint density at radius 1 is 1.18 bits per heavy atom. The monoisotopic (exact) mass is 387 g/mol. The van der Waals surface area contributed by atoms with E-state index in [1.54, 1.807) is 22.6 Å². The molecule has 0 saturated heterocycles. The number of azo groups is 1. The Hall–Kier alpha value is -3.83. The maximum Gasteiger partial charge on any atom is 0.473 e. The van der Waals surface area contributed by atoms with Crippen LogP contribution in [0.5, 0.6) is 0 Å². The van der Waals surface area contributed by atoms with E-state index in [1.165, 1.54) is 0 Å². The van der Waals surface area contributed by atoms with Crippen LogP contribution in [0.1, 0.15) is 5.82 Å². The van der Waals surface area contributed by atoms with Crippen LogP contribution in [0.15, 0.2) is 69.2 Å². The molecular weight excluding hydrogens is 362 g/mol. The van der Waals surface area contributed by atoms with Crippen molar-refractivity contribution in [1.82, 2.24) is 10.1 Å². The van der Waals surface area contributed by atoms with Crippen LogP contribution in [0.2, 0.25) is 1.41 Å². The highest BCUT2D eigenvalue weighted by atomic mass is 16.5. The highest BCUT2D eigenvalue weighted by Crippen LogP contribution is 2.15. The van der Waals surface area contributed by atoms with Gasteiger partial charge in [0.15, 0.2) is 26.2 Å². The molecule has 0 fully saturated rings. The predicted molar refractivity (Wildman–Crippen MR) is 96.9 cm³/mol. The van der Waals surface area contributed by atoms with Crippen LogP contribution in [0.25, 0.3) is 11.5 Å². The molecule has 0 aliphatic rings. The van der Waals surface area contributed by atoms with E-state index >= 15 is 0 Å². The van der Waals surface area contributed by atoms with Crippen molar-refractivity contribution in [2.45, 2.75) is 6.92 Å². The maximum atomic E-state index is 6.41. The molecule has 0 amide bonds. The van der Waals surface area contributed by atoms with Gasteiger partial charge in [-0.05, 0) is 19.1 Å². The second kappa shape index (κ2) is 11.0. The molecule has 0 radical (unpaired) electrons. The van der Waals surface area contributed by atoms with E-state index in [0.29, 0.717) is 18.4 Å². The topological polar surface area (TPSA) is 136 Å². The van der Waals surface area contributed by atoms with Gasteiger partial charge < -0.3 is 4.52 Å². The van der Waals surface area contributed by atoms with Crippen LogP contribution in [0.3, 0.4) is 0 Å². The zero-order valence-corrected chi connectivity index (χ0v) is 16.0. The second-order valence-corrected chi connectivity index (χ2v) is 5.44. The van der Waals surface area contributed by atoms with Crippen LogP contribution in [-0.2, 0) is 7.05 Å². The zero-order chi connectivity index (χ0) is 20.9. The first kappa shape index (κ1) is 18.9. The summed E-state index contributed by atoms with van der Waals surface area (Å²) < 4.78 is 16.8. The van der Waals surface area contributed by atoms with Gasteiger partial charge in [-0.15, -0.1) is 0 Å². The van der Waals surface area contributed by atoms with Crippen LogP contribution >= 0.6 is 0 Å². The largest absolute Gasteiger partial charge is 0.473 e. The number of rotatable bonds is 7. The average Bonchev–Trinajstić information content (AvgIpc) is 3.18. The van der Waals surface area contributed by atoms with Crippen LogP contribution in [0, 0.1) is 12.4 Å². The number of benzene rings is 1. The summed E-state index contributed by atoms with van der Waals surface area (Å²) in [6, 6.07) is 9.70. The van der Waals surface area contributed by atoms with Gasteiger partial charge in [0.2, 0.25) is 1.41 Å². The molecule has 0 aliphatic heterocycles. The van der Waals surface area contributed by atoms with Crippen LogP contribution in [-0.4, -0.2) is 30.5 Å². The Labute approximate surface area is 163 Å². The fourth-order valence-electron chi connectivity index (χ4n) is 2.04. The Bertz CT molecular complexity index is 930. The summed E-state index contributed by atoms with van der Waals surface area (Å²) in [4.78, 5) is 4.10. The third kappa shape index (κ3) is 6.82. The smallest absolute Gasteiger partial charge is 0.334 e. The quantitative estimate of drug-likeness (QED) is 0.394. The highest BCUT2D eigenvalue weighted by Gasteiger charge is 2.15. The molecule has 12 nitrogen and oxygen atoms in total. The van der Waals surface area contributed by atoms with Crippen LogP contribution < -0.4 is 24.8 Å². The van der Waals surface area contributed by atoms with Crippen molar-refractivity contribution in [2.24, 2.45) is 22.4 Å². The molecule has 0 unspecified atom stereocenters. The van der Waals surface area contributed by atoms with Crippen molar-refractivity contribution >= 4 is 0 Å². The van der Waals surface area contributed by atoms with E-state index < -0.39 is 0 Å². The van der Waals surface area contributed by atoms with Gasteiger partial charge in [0.1, 0.15) is 0 Å². The van der Waals surface area contributed by atoms with Gasteiger partial charge in [-0.25, -0.2) is 5.52 Å². The number of hydrogen-bond donors (Lipinski definition) is 3.